The molecule has 4 heteroatoms. The molecule has 2 aromatic heterocycles. The lowest BCUT2D eigenvalue weighted by molar-refractivity contribution is 0.100. The maximum Gasteiger partial charge on any atom is 0.263 e. The summed E-state index contributed by atoms with van der Waals surface area (Å²) in [6, 6.07) is 7.54. The second-order valence-corrected chi connectivity index (χ2v) is 3.92. The Bertz CT molecular complexity index is 681. The summed E-state index contributed by atoms with van der Waals surface area (Å²) in [7, 11) is 0. The highest BCUT2D eigenvalue weighted by molar-refractivity contribution is 6.06. The molecule has 0 aliphatic rings. The van der Waals surface area contributed by atoms with E-state index in [1.807, 2.05) is 25.1 Å². The Hall–Kier alpha value is -2.36. The van der Waals surface area contributed by atoms with E-state index in [0.29, 0.717) is 17.2 Å². The molecule has 3 rings (SSSR count). The van der Waals surface area contributed by atoms with Gasteiger partial charge in [-0.1, -0.05) is 11.6 Å². The zero-order chi connectivity index (χ0) is 11.8. The average Bonchev–Trinajstić information content (AvgIpc) is 2.96. The number of nitrogens with one attached hydrogen (secondary N) is 1. The SMILES string of the molecule is Cc1ccc2oc(C(=O)c3ncc[nH]3)cc2c1. The van der Waals surface area contributed by atoms with Gasteiger partial charge in [-0.2, -0.15) is 0 Å². The Morgan fingerprint density at radius 1 is 1.35 bits per heavy atom. The number of imidazole rings is 1. The number of fused-ring (bicyclic) bond motifs is 1. The van der Waals surface area contributed by atoms with Crippen LogP contribution in [-0.4, -0.2) is 15.8 Å². The average molecular weight is 226 g/mol. The molecule has 0 aliphatic heterocycles. The number of hydrogen-bond acceptors (Lipinski definition) is 3. The fraction of sp³-hybridized carbons (Fsp3) is 0.0769. The number of aromatic nitrogens is 2. The van der Waals surface area contributed by atoms with E-state index in [1.165, 1.54) is 0 Å². The largest absolute Gasteiger partial charge is 0.452 e. The van der Waals surface area contributed by atoms with Gasteiger partial charge in [0.1, 0.15) is 5.58 Å². The third-order valence-corrected chi connectivity index (χ3v) is 2.61. The van der Waals surface area contributed by atoms with Crippen LogP contribution >= 0.6 is 0 Å². The first kappa shape index (κ1) is 9.84. The second kappa shape index (κ2) is 3.59. The van der Waals surface area contributed by atoms with Crippen molar-refractivity contribution in [1.82, 2.24) is 9.97 Å². The van der Waals surface area contributed by atoms with E-state index < -0.39 is 0 Å². The minimum Gasteiger partial charge on any atom is -0.452 e. The van der Waals surface area contributed by atoms with Crippen molar-refractivity contribution in [2.45, 2.75) is 6.92 Å². The highest BCUT2D eigenvalue weighted by atomic mass is 16.3. The van der Waals surface area contributed by atoms with Crippen LogP contribution in [0.15, 0.2) is 41.1 Å². The number of nitrogens with zero attached hydrogens (tertiary/aromatic N) is 1. The summed E-state index contributed by atoms with van der Waals surface area (Å²) in [6.45, 7) is 2.00. The van der Waals surface area contributed by atoms with Crippen molar-refractivity contribution in [2.24, 2.45) is 0 Å². The van der Waals surface area contributed by atoms with Gasteiger partial charge in [0, 0.05) is 17.8 Å². The number of aryl methyl sites for hydroxylation is 1. The van der Waals surface area contributed by atoms with Gasteiger partial charge in [0.2, 0.25) is 0 Å². The molecule has 0 fully saturated rings. The van der Waals surface area contributed by atoms with E-state index in [0.717, 1.165) is 10.9 Å². The van der Waals surface area contributed by atoms with Gasteiger partial charge in [0.15, 0.2) is 11.6 Å². The molecule has 0 spiro atoms. The summed E-state index contributed by atoms with van der Waals surface area (Å²) in [4.78, 5) is 18.7. The minimum atomic E-state index is -0.233. The van der Waals surface area contributed by atoms with Crippen molar-refractivity contribution in [3.63, 3.8) is 0 Å². The Balaban J connectivity index is 2.09. The number of benzene rings is 1. The molecule has 2 heterocycles. The molecular formula is C13H10N2O2. The predicted octanol–water partition coefficient (Wildman–Crippen LogP) is 2.70. The quantitative estimate of drug-likeness (QED) is 0.683. The lowest BCUT2D eigenvalue weighted by Crippen LogP contribution is -2.01. The van der Waals surface area contributed by atoms with Gasteiger partial charge in [-0.15, -0.1) is 0 Å². The standard InChI is InChI=1S/C13H10N2O2/c1-8-2-3-10-9(6-8)7-11(17-10)12(16)13-14-4-5-15-13/h2-7H,1H3,(H,14,15). The van der Waals surface area contributed by atoms with Crippen LogP contribution in [0.4, 0.5) is 0 Å². The van der Waals surface area contributed by atoms with E-state index in [-0.39, 0.29) is 5.78 Å². The first-order valence-corrected chi connectivity index (χ1v) is 5.28. The van der Waals surface area contributed by atoms with Crippen LogP contribution < -0.4 is 0 Å². The number of rotatable bonds is 2. The molecule has 84 valence electrons. The lowest BCUT2D eigenvalue weighted by Gasteiger charge is -1.90. The normalized spacial score (nSPS) is 10.9. The first-order valence-electron chi connectivity index (χ1n) is 5.28. The summed E-state index contributed by atoms with van der Waals surface area (Å²) in [5.74, 6) is 0.366. The van der Waals surface area contributed by atoms with E-state index in [2.05, 4.69) is 9.97 Å². The number of furan rings is 1. The molecule has 3 aromatic rings. The van der Waals surface area contributed by atoms with Crippen LogP contribution in [0.3, 0.4) is 0 Å². The minimum absolute atomic E-state index is 0.233. The molecular weight excluding hydrogens is 216 g/mol. The molecule has 0 unspecified atom stereocenters. The number of ketones is 1. The Morgan fingerprint density at radius 2 is 2.24 bits per heavy atom. The van der Waals surface area contributed by atoms with Crippen LogP contribution in [0.25, 0.3) is 11.0 Å². The van der Waals surface area contributed by atoms with Gasteiger partial charge >= 0.3 is 0 Å². The topological polar surface area (TPSA) is 58.9 Å². The molecule has 4 nitrogen and oxygen atoms in total. The fourth-order valence-electron chi connectivity index (χ4n) is 1.78. The van der Waals surface area contributed by atoms with Gasteiger partial charge in [-0.3, -0.25) is 4.79 Å². The summed E-state index contributed by atoms with van der Waals surface area (Å²) in [5.41, 5.74) is 1.85. The fourth-order valence-corrected chi connectivity index (χ4v) is 1.78. The Morgan fingerprint density at radius 3 is 3.00 bits per heavy atom. The number of carbonyl (C=O) groups is 1. The molecule has 1 aromatic carbocycles. The van der Waals surface area contributed by atoms with Crippen LogP contribution in [-0.2, 0) is 0 Å². The molecule has 0 saturated carbocycles. The summed E-state index contributed by atoms with van der Waals surface area (Å²) < 4.78 is 5.50. The number of carbonyl (C=O) groups excluding carboxylic acids is 1. The van der Waals surface area contributed by atoms with E-state index in [9.17, 15) is 4.79 Å². The summed E-state index contributed by atoms with van der Waals surface area (Å²) >= 11 is 0. The number of hydrogen-bond donors (Lipinski definition) is 1. The van der Waals surface area contributed by atoms with Gasteiger partial charge in [0.25, 0.3) is 5.78 Å². The summed E-state index contributed by atoms with van der Waals surface area (Å²) in [5, 5.41) is 0.930. The van der Waals surface area contributed by atoms with Crippen LogP contribution in [0.1, 0.15) is 21.9 Å². The summed E-state index contributed by atoms with van der Waals surface area (Å²) in [6.07, 6.45) is 3.15. The smallest absolute Gasteiger partial charge is 0.263 e. The second-order valence-electron chi connectivity index (χ2n) is 3.92. The highest BCUT2D eigenvalue weighted by Gasteiger charge is 2.16. The van der Waals surface area contributed by atoms with E-state index in [4.69, 9.17) is 4.42 Å². The molecule has 0 saturated heterocycles. The van der Waals surface area contributed by atoms with Crippen LogP contribution in [0.2, 0.25) is 0 Å². The Kier molecular flexibility index (Phi) is 2.08. The molecule has 0 atom stereocenters. The Labute approximate surface area is 97.3 Å². The van der Waals surface area contributed by atoms with Crippen molar-refractivity contribution in [2.75, 3.05) is 0 Å². The zero-order valence-corrected chi connectivity index (χ0v) is 9.23. The monoisotopic (exact) mass is 226 g/mol. The molecule has 0 aliphatic carbocycles. The van der Waals surface area contributed by atoms with Gasteiger partial charge in [-0.25, -0.2) is 4.98 Å². The van der Waals surface area contributed by atoms with Gasteiger partial charge in [-0.05, 0) is 25.1 Å². The van der Waals surface area contributed by atoms with Crippen molar-refractivity contribution < 1.29 is 9.21 Å². The molecule has 1 N–H and O–H groups in total. The molecule has 0 amide bonds. The van der Waals surface area contributed by atoms with Crippen molar-refractivity contribution >= 4 is 16.8 Å². The highest BCUT2D eigenvalue weighted by Crippen LogP contribution is 2.21. The maximum absolute atomic E-state index is 12.0. The predicted molar refractivity (Wildman–Crippen MR) is 63.0 cm³/mol. The third kappa shape index (κ3) is 1.63. The zero-order valence-electron chi connectivity index (χ0n) is 9.23. The molecule has 0 bridgehead atoms. The lowest BCUT2D eigenvalue weighted by atomic mass is 10.2. The van der Waals surface area contributed by atoms with E-state index >= 15 is 0 Å². The van der Waals surface area contributed by atoms with Crippen molar-refractivity contribution in [1.29, 1.82) is 0 Å². The van der Waals surface area contributed by atoms with Crippen LogP contribution in [0, 0.1) is 6.92 Å². The van der Waals surface area contributed by atoms with Gasteiger partial charge in [0.05, 0.1) is 0 Å². The van der Waals surface area contributed by atoms with Crippen LogP contribution in [0.5, 0.6) is 0 Å². The molecule has 0 radical (unpaired) electrons. The van der Waals surface area contributed by atoms with Crippen molar-refractivity contribution in [3.8, 4) is 0 Å². The van der Waals surface area contributed by atoms with Crippen molar-refractivity contribution in [3.05, 3.63) is 53.8 Å². The number of H-pyrrole nitrogens is 1. The first-order chi connectivity index (χ1) is 8.24. The third-order valence-electron chi connectivity index (χ3n) is 2.61. The van der Waals surface area contributed by atoms with E-state index in [1.54, 1.807) is 18.5 Å². The maximum atomic E-state index is 12.0. The number of aromatic amines is 1. The van der Waals surface area contributed by atoms with Gasteiger partial charge < -0.3 is 9.40 Å². The molecule has 17 heavy (non-hydrogen) atoms.